The van der Waals surface area contributed by atoms with Crippen molar-refractivity contribution in [1.82, 2.24) is 20.5 Å². The van der Waals surface area contributed by atoms with E-state index in [0.29, 0.717) is 29.6 Å². The quantitative estimate of drug-likeness (QED) is 0.433. The Morgan fingerprint density at radius 1 is 1.06 bits per heavy atom. The first kappa shape index (κ1) is 24.1. The molecule has 0 saturated carbocycles. The van der Waals surface area contributed by atoms with Crippen LogP contribution in [0.5, 0.6) is 0 Å². The van der Waals surface area contributed by atoms with Gasteiger partial charge in [0, 0.05) is 57.3 Å². The van der Waals surface area contributed by atoms with Crippen LogP contribution >= 0.6 is 0 Å². The SMILES string of the molecule is CC1=CC(CNCc2ccncc2)C(C(C)C)CC1Cc1nnc(-c2ccc(N(C)C)cc2)o1. The molecule has 0 bridgehead atoms. The highest BCUT2D eigenvalue weighted by Gasteiger charge is 2.32. The maximum Gasteiger partial charge on any atom is 0.247 e. The Morgan fingerprint density at radius 3 is 2.47 bits per heavy atom. The predicted molar refractivity (Wildman–Crippen MR) is 137 cm³/mol. The van der Waals surface area contributed by atoms with Crippen LogP contribution in [0.4, 0.5) is 5.69 Å². The van der Waals surface area contributed by atoms with Crippen molar-refractivity contribution in [3.8, 4) is 11.5 Å². The molecule has 6 heteroatoms. The third kappa shape index (κ3) is 5.92. The first-order valence-electron chi connectivity index (χ1n) is 12.3. The van der Waals surface area contributed by atoms with Gasteiger partial charge in [0.05, 0.1) is 0 Å². The summed E-state index contributed by atoms with van der Waals surface area (Å²) in [7, 11) is 4.07. The first-order valence-corrected chi connectivity index (χ1v) is 12.3. The van der Waals surface area contributed by atoms with E-state index in [-0.39, 0.29) is 0 Å². The smallest absolute Gasteiger partial charge is 0.247 e. The summed E-state index contributed by atoms with van der Waals surface area (Å²) in [6, 6.07) is 12.4. The normalized spacial score (nSPS) is 20.4. The van der Waals surface area contributed by atoms with E-state index < -0.39 is 0 Å². The zero-order valence-corrected chi connectivity index (χ0v) is 21.0. The lowest BCUT2D eigenvalue weighted by Gasteiger charge is -2.37. The topological polar surface area (TPSA) is 67.1 Å². The molecule has 1 aliphatic carbocycles. The van der Waals surface area contributed by atoms with Crippen LogP contribution in [0, 0.1) is 23.7 Å². The largest absolute Gasteiger partial charge is 0.421 e. The van der Waals surface area contributed by atoms with Crippen molar-refractivity contribution in [2.75, 3.05) is 25.5 Å². The molecule has 0 spiro atoms. The van der Waals surface area contributed by atoms with Crippen molar-refractivity contribution in [1.29, 1.82) is 0 Å². The molecule has 0 saturated heterocycles. The molecule has 0 fully saturated rings. The zero-order valence-electron chi connectivity index (χ0n) is 21.0. The molecule has 3 unspecified atom stereocenters. The number of rotatable bonds is 9. The second-order valence-electron chi connectivity index (χ2n) is 10.0. The number of pyridine rings is 1. The second-order valence-corrected chi connectivity index (χ2v) is 10.0. The second kappa shape index (κ2) is 11.0. The van der Waals surface area contributed by atoms with E-state index in [9.17, 15) is 0 Å². The van der Waals surface area contributed by atoms with Crippen molar-refractivity contribution < 1.29 is 4.42 Å². The summed E-state index contributed by atoms with van der Waals surface area (Å²) in [6.45, 7) is 8.81. The molecule has 0 amide bonds. The Hall–Kier alpha value is -2.99. The van der Waals surface area contributed by atoms with Crippen molar-refractivity contribution in [3.63, 3.8) is 0 Å². The molecular weight excluding hydrogens is 422 g/mol. The number of hydrogen-bond acceptors (Lipinski definition) is 6. The van der Waals surface area contributed by atoms with Gasteiger partial charge in [-0.05, 0) is 79.0 Å². The summed E-state index contributed by atoms with van der Waals surface area (Å²) in [5.41, 5.74) is 4.81. The Labute approximate surface area is 203 Å². The fraction of sp³-hybridized carbons (Fsp3) is 0.464. The van der Waals surface area contributed by atoms with Gasteiger partial charge >= 0.3 is 0 Å². The molecule has 0 aliphatic heterocycles. The number of nitrogens with zero attached hydrogens (tertiary/aromatic N) is 4. The maximum atomic E-state index is 6.08. The van der Waals surface area contributed by atoms with Crippen molar-refractivity contribution >= 4 is 5.69 Å². The minimum atomic E-state index is 0.438. The standard InChI is InChI=1S/C28H37N5O/c1-19(2)26-15-23(20(3)14-24(26)18-30-17-21-10-12-29-13-11-21)16-27-31-32-28(34-27)22-6-8-25(9-7-22)33(4)5/h6-14,19,23-24,26,30H,15-18H2,1-5H3. The number of hydrogen-bond donors (Lipinski definition) is 1. The average Bonchev–Trinajstić information content (AvgIpc) is 3.30. The Balaban J connectivity index is 1.40. The highest BCUT2D eigenvalue weighted by molar-refractivity contribution is 5.58. The molecular formula is C28H37N5O. The number of benzene rings is 1. The van der Waals surface area contributed by atoms with Crippen LogP contribution in [0.25, 0.3) is 11.5 Å². The van der Waals surface area contributed by atoms with Gasteiger partial charge in [-0.15, -0.1) is 10.2 Å². The first-order chi connectivity index (χ1) is 16.4. The molecule has 1 aromatic carbocycles. The highest BCUT2D eigenvalue weighted by atomic mass is 16.4. The van der Waals surface area contributed by atoms with Crippen LogP contribution in [-0.4, -0.2) is 35.8 Å². The third-order valence-corrected chi connectivity index (χ3v) is 7.06. The van der Waals surface area contributed by atoms with Crippen LogP contribution in [0.1, 0.15) is 38.6 Å². The van der Waals surface area contributed by atoms with E-state index in [1.165, 1.54) is 11.1 Å². The van der Waals surface area contributed by atoms with Gasteiger partial charge < -0.3 is 14.6 Å². The van der Waals surface area contributed by atoms with E-state index in [1.54, 1.807) is 0 Å². The molecule has 1 N–H and O–H groups in total. The number of nitrogens with one attached hydrogen (secondary N) is 1. The summed E-state index contributed by atoms with van der Waals surface area (Å²) >= 11 is 0. The minimum Gasteiger partial charge on any atom is -0.421 e. The minimum absolute atomic E-state index is 0.438. The average molecular weight is 460 g/mol. The van der Waals surface area contributed by atoms with E-state index in [2.05, 4.69) is 76.5 Å². The van der Waals surface area contributed by atoms with Crippen LogP contribution in [0.15, 0.2) is 64.9 Å². The molecule has 34 heavy (non-hydrogen) atoms. The number of allylic oxidation sites excluding steroid dienone is 1. The number of aromatic nitrogens is 3. The van der Waals surface area contributed by atoms with Gasteiger partial charge in [0.2, 0.25) is 11.8 Å². The predicted octanol–water partition coefficient (Wildman–Crippen LogP) is 5.38. The van der Waals surface area contributed by atoms with Gasteiger partial charge in [0.15, 0.2) is 0 Å². The lowest BCUT2D eigenvalue weighted by molar-refractivity contribution is 0.218. The Bertz CT molecular complexity index is 1070. The molecule has 6 nitrogen and oxygen atoms in total. The van der Waals surface area contributed by atoms with Crippen LogP contribution in [0.2, 0.25) is 0 Å². The summed E-state index contributed by atoms with van der Waals surface area (Å²) in [6.07, 6.45) is 8.13. The fourth-order valence-electron chi connectivity index (χ4n) is 4.96. The van der Waals surface area contributed by atoms with Gasteiger partial charge in [-0.2, -0.15) is 0 Å². The monoisotopic (exact) mass is 459 g/mol. The molecule has 4 rings (SSSR count). The number of anilines is 1. The van der Waals surface area contributed by atoms with Crippen molar-refractivity contribution in [2.24, 2.45) is 23.7 Å². The third-order valence-electron chi connectivity index (χ3n) is 7.06. The van der Waals surface area contributed by atoms with Crippen molar-refractivity contribution in [2.45, 2.75) is 40.2 Å². The van der Waals surface area contributed by atoms with Gasteiger partial charge in [-0.25, -0.2) is 0 Å². The molecule has 3 aromatic rings. The molecule has 3 atom stereocenters. The lowest BCUT2D eigenvalue weighted by Crippen LogP contribution is -2.34. The van der Waals surface area contributed by atoms with E-state index in [1.807, 2.05) is 38.6 Å². The van der Waals surface area contributed by atoms with Gasteiger partial charge in [-0.1, -0.05) is 25.5 Å². The maximum absolute atomic E-state index is 6.08. The van der Waals surface area contributed by atoms with Gasteiger partial charge in [-0.3, -0.25) is 4.98 Å². The lowest BCUT2D eigenvalue weighted by atomic mass is 9.70. The summed E-state index contributed by atoms with van der Waals surface area (Å²) in [4.78, 5) is 6.18. The molecule has 180 valence electrons. The summed E-state index contributed by atoms with van der Waals surface area (Å²) in [5, 5.41) is 12.4. The van der Waals surface area contributed by atoms with Crippen LogP contribution in [-0.2, 0) is 13.0 Å². The Kier molecular flexibility index (Phi) is 7.78. The molecule has 0 radical (unpaired) electrons. The molecule has 2 heterocycles. The summed E-state index contributed by atoms with van der Waals surface area (Å²) in [5.74, 6) is 3.53. The molecule has 1 aliphatic rings. The highest BCUT2D eigenvalue weighted by Crippen LogP contribution is 2.39. The van der Waals surface area contributed by atoms with Gasteiger partial charge in [0.1, 0.15) is 0 Å². The fourth-order valence-corrected chi connectivity index (χ4v) is 4.96. The van der Waals surface area contributed by atoms with Crippen molar-refractivity contribution in [3.05, 3.63) is 71.9 Å². The van der Waals surface area contributed by atoms with E-state index in [4.69, 9.17) is 4.42 Å². The zero-order chi connectivity index (χ0) is 24.1. The van der Waals surface area contributed by atoms with Crippen LogP contribution in [0.3, 0.4) is 0 Å². The van der Waals surface area contributed by atoms with E-state index >= 15 is 0 Å². The Morgan fingerprint density at radius 2 is 1.79 bits per heavy atom. The van der Waals surface area contributed by atoms with Crippen LogP contribution < -0.4 is 10.2 Å². The van der Waals surface area contributed by atoms with E-state index in [0.717, 1.165) is 43.1 Å². The van der Waals surface area contributed by atoms with Gasteiger partial charge in [0.25, 0.3) is 0 Å². The summed E-state index contributed by atoms with van der Waals surface area (Å²) < 4.78 is 6.08. The molecule has 2 aromatic heterocycles.